The molecular weight excluding hydrogens is 292 g/mol. The molecule has 0 N–H and O–H groups in total. The van der Waals surface area contributed by atoms with E-state index in [-0.39, 0.29) is 5.04 Å². The predicted molar refractivity (Wildman–Crippen MR) is 86.9 cm³/mol. The van der Waals surface area contributed by atoms with Crippen LogP contribution >= 0.6 is 11.6 Å². The lowest BCUT2D eigenvalue weighted by atomic mass is 10.2. The molecule has 0 radical (unpaired) electrons. The van der Waals surface area contributed by atoms with Crippen LogP contribution in [0.1, 0.15) is 26.3 Å². The Morgan fingerprint density at radius 3 is 1.80 bits per heavy atom. The van der Waals surface area contributed by atoms with Crippen LogP contribution in [0.15, 0.2) is 12.1 Å². The van der Waals surface area contributed by atoms with Crippen molar-refractivity contribution < 1.29 is 13.9 Å². The first-order chi connectivity index (χ1) is 9.16. The van der Waals surface area contributed by atoms with Gasteiger partial charge in [0.1, 0.15) is 0 Å². The molecule has 0 aliphatic heterocycles. The molecular formula is C15H25ClO3Si. The highest BCUT2D eigenvalue weighted by molar-refractivity contribution is 6.74. The van der Waals surface area contributed by atoms with E-state index in [1.54, 1.807) is 14.2 Å². The van der Waals surface area contributed by atoms with Crippen molar-refractivity contribution in [1.82, 2.24) is 0 Å². The summed E-state index contributed by atoms with van der Waals surface area (Å²) in [5.41, 5.74) is 0.947. The van der Waals surface area contributed by atoms with Crippen molar-refractivity contribution in [3.8, 4) is 17.2 Å². The molecule has 1 aromatic rings. The highest BCUT2D eigenvalue weighted by Crippen LogP contribution is 2.45. The molecule has 114 valence electrons. The number of ether oxygens (including phenoxy) is 2. The Kier molecular flexibility index (Phi) is 5.38. The summed E-state index contributed by atoms with van der Waals surface area (Å²) in [6, 6.07) is 3.80. The Morgan fingerprint density at radius 2 is 1.50 bits per heavy atom. The quantitative estimate of drug-likeness (QED) is 0.575. The van der Waals surface area contributed by atoms with Crippen LogP contribution in [0.3, 0.4) is 0 Å². The maximum atomic E-state index is 6.36. The normalized spacial score (nSPS) is 12.2. The molecule has 0 saturated heterocycles. The number of hydrogen-bond donors (Lipinski definition) is 0. The number of halogens is 1. The monoisotopic (exact) mass is 316 g/mol. The van der Waals surface area contributed by atoms with Crippen molar-refractivity contribution in [1.29, 1.82) is 0 Å². The fraction of sp³-hybridized carbons (Fsp3) is 0.600. The van der Waals surface area contributed by atoms with Crippen molar-refractivity contribution in [2.45, 2.75) is 44.8 Å². The summed E-state index contributed by atoms with van der Waals surface area (Å²) >= 11 is 5.90. The lowest BCUT2D eigenvalue weighted by molar-refractivity contribution is 0.354. The zero-order valence-electron chi connectivity index (χ0n) is 13.5. The van der Waals surface area contributed by atoms with Gasteiger partial charge in [-0.25, -0.2) is 0 Å². The molecule has 0 saturated carbocycles. The lowest BCUT2D eigenvalue weighted by Gasteiger charge is -2.37. The van der Waals surface area contributed by atoms with Crippen LogP contribution in [0.5, 0.6) is 17.2 Å². The number of rotatable bonds is 5. The highest BCUT2D eigenvalue weighted by atomic mass is 35.5. The van der Waals surface area contributed by atoms with Gasteiger partial charge in [0.05, 0.1) is 14.2 Å². The summed E-state index contributed by atoms with van der Waals surface area (Å²) in [6.07, 6.45) is 0. The van der Waals surface area contributed by atoms with E-state index in [9.17, 15) is 0 Å². The van der Waals surface area contributed by atoms with E-state index in [1.807, 2.05) is 12.1 Å². The molecule has 5 heteroatoms. The minimum Gasteiger partial charge on any atom is -0.539 e. The lowest BCUT2D eigenvalue weighted by Crippen LogP contribution is -2.44. The first-order valence-electron chi connectivity index (χ1n) is 6.66. The molecule has 0 unspecified atom stereocenters. The van der Waals surface area contributed by atoms with Gasteiger partial charge in [0.15, 0.2) is 17.2 Å². The second kappa shape index (κ2) is 6.27. The molecule has 3 nitrogen and oxygen atoms in total. The average Bonchev–Trinajstić information content (AvgIpc) is 2.37. The van der Waals surface area contributed by atoms with Gasteiger partial charge in [-0.15, -0.1) is 11.6 Å². The summed E-state index contributed by atoms with van der Waals surface area (Å²) in [5.74, 6) is 2.43. The molecule has 1 rings (SSSR count). The summed E-state index contributed by atoms with van der Waals surface area (Å²) in [4.78, 5) is 0. The maximum absolute atomic E-state index is 6.36. The average molecular weight is 317 g/mol. The van der Waals surface area contributed by atoms with Gasteiger partial charge in [0.25, 0.3) is 8.32 Å². The van der Waals surface area contributed by atoms with Crippen LogP contribution in [-0.2, 0) is 5.88 Å². The van der Waals surface area contributed by atoms with Crippen molar-refractivity contribution in [2.75, 3.05) is 14.2 Å². The molecule has 0 aliphatic rings. The molecule has 0 aromatic heterocycles. The fourth-order valence-electron chi connectivity index (χ4n) is 1.52. The molecule has 0 heterocycles. The molecule has 0 amide bonds. The molecule has 1 aromatic carbocycles. The van der Waals surface area contributed by atoms with Gasteiger partial charge in [-0.2, -0.15) is 0 Å². The second-order valence-corrected chi connectivity index (χ2v) is 11.3. The summed E-state index contributed by atoms with van der Waals surface area (Å²) in [6.45, 7) is 11.0. The van der Waals surface area contributed by atoms with E-state index in [4.69, 9.17) is 25.5 Å². The van der Waals surface area contributed by atoms with Crippen molar-refractivity contribution >= 4 is 19.9 Å². The van der Waals surface area contributed by atoms with Crippen LogP contribution in [-0.4, -0.2) is 22.5 Å². The largest absolute Gasteiger partial charge is 0.539 e. The van der Waals surface area contributed by atoms with Gasteiger partial charge < -0.3 is 13.9 Å². The standard InChI is InChI=1S/C15H25ClO3Si/c1-15(2,3)20(6,7)19-14-12(17-4)8-11(10-16)9-13(14)18-5/h8-9H,10H2,1-7H3. The summed E-state index contributed by atoms with van der Waals surface area (Å²) in [7, 11) is 1.30. The third-order valence-corrected chi connectivity index (χ3v) is 8.47. The number of alkyl halides is 1. The first kappa shape index (κ1) is 17.2. The molecule has 0 atom stereocenters. The fourth-order valence-corrected chi connectivity index (χ4v) is 2.69. The minimum absolute atomic E-state index is 0.105. The van der Waals surface area contributed by atoms with Crippen molar-refractivity contribution in [3.63, 3.8) is 0 Å². The predicted octanol–water partition coefficient (Wildman–Crippen LogP) is 4.83. The SMILES string of the molecule is COc1cc(CCl)cc(OC)c1O[Si](C)(C)C(C)(C)C. The molecule has 0 bridgehead atoms. The molecule has 0 fully saturated rings. The Labute approximate surface area is 128 Å². The third-order valence-electron chi connectivity index (χ3n) is 3.84. The molecule has 0 aliphatic carbocycles. The number of methoxy groups -OCH3 is 2. The molecule has 0 spiro atoms. The number of benzene rings is 1. The Morgan fingerprint density at radius 1 is 1.05 bits per heavy atom. The Balaban J connectivity index is 3.30. The van der Waals surface area contributed by atoms with Crippen molar-refractivity contribution in [3.05, 3.63) is 17.7 Å². The zero-order valence-corrected chi connectivity index (χ0v) is 15.2. The van der Waals surface area contributed by atoms with E-state index >= 15 is 0 Å². The highest BCUT2D eigenvalue weighted by Gasteiger charge is 2.40. The van der Waals surface area contributed by atoms with Gasteiger partial charge in [-0.3, -0.25) is 0 Å². The van der Waals surface area contributed by atoms with Crippen LogP contribution in [0, 0.1) is 0 Å². The van der Waals surface area contributed by atoms with E-state index < -0.39 is 8.32 Å². The van der Waals surface area contributed by atoms with Gasteiger partial charge in [-0.05, 0) is 35.8 Å². The Bertz CT molecular complexity index is 442. The van der Waals surface area contributed by atoms with Gasteiger partial charge in [0.2, 0.25) is 0 Å². The van der Waals surface area contributed by atoms with E-state index in [0.29, 0.717) is 23.1 Å². The van der Waals surface area contributed by atoms with Gasteiger partial charge in [0, 0.05) is 5.88 Å². The topological polar surface area (TPSA) is 27.7 Å². The van der Waals surface area contributed by atoms with Gasteiger partial charge >= 0.3 is 0 Å². The van der Waals surface area contributed by atoms with Crippen LogP contribution < -0.4 is 13.9 Å². The smallest absolute Gasteiger partial charge is 0.250 e. The van der Waals surface area contributed by atoms with Crippen LogP contribution in [0.4, 0.5) is 0 Å². The number of hydrogen-bond acceptors (Lipinski definition) is 3. The summed E-state index contributed by atoms with van der Waals surface area (Å²) < 4.78 is 17.3. The maximum Gasteiger partial charge on any atom is 0.250 e. The van der Waals surface area contributed by atoms with E-state index in [0.717, 1.165) is 5.56 Å². The van der Waals surface area contributed by atoms with Crippen molar-refractivity contribution in [2.24, 2.45) is 0 Å². The van der Waals surface area contributed by atoms with E-state index in [2.05, 4.69) is 33.9 Å². The van der Waals surface area contributed by atoms with Gasteiger partial charge in [-0.1, -0.05) is 20.8 Å². The zero-order chi connectivity index (χ0) is 15.6. The van der Waals surface area contributed by atoms with Crippen LogP contribution in [0.25, 0.3) is 0 Å². The first-order valence-corrected chi connectivity index (χ1v) is 10.1. The van der Waals surface area contributed by atoms with Crippen LogP contribution in [0.2, 0.25) is 18.1 Å². The Hall–Kier alpha value is -0.873. The third kappa shape index (κ3) is 3.61. The second-order valence-electron chi connectivity index (χ2n) is 6.33. The summed E-state index contributed by atoms with van der Waals surface area (Å²) in [5, 5.41) is 0.105. The molecule has 20 heavy (non-hydrogen) atoms. The van der Waals surface area contributed by atoms with E-state index in [1.165, 1.54) is 0 Å². The minimum atomic E-state index is -1.96.